The van der Waals surface area contributed by atoms with Gasteiger partial charge in [-0.1, -0.05) is 18.2 Å². The topological polar surface area (TPSA) is 101 Å². The summed E-state index contributed by atoms with van der Waals surface area (Å²) in [5.74, 6) is 0.892. The lowest BCUT2D eigenvalue weighted by Crippen LogP contribution is -2.24. The van der Waals surface area contributed by atoms with Crippen LogP contribution in [0.3, 0.4) is 0 Å². The quantitative estimate of drug-likeness (QED) is 0.780. The van der Waals surface area contributed by atoms with Crippen LogP contribution in [0, 0.1) is 0 Å². The number of carbonyl (C=O) groups is 2. The Kier molecular flexibility index (Phi) is 5.81. The highest BCUT2D eigenvalue weighted by Crippen LogP contribution is 2.36. The third-order valence-electron chi connectivity index (χ3n) is 3.86. The molecule has 0 spiro atoms. The van der Waals surface area contributed by atoms with Crippen LogP contribution in [0.25, 0.3) is 0 Å². The van der Waals surface area contributed by atoms with Crippen LogP contribution in [0.15, 0.2) is 36.4 Å². The lowest BCUT2D eigenvalue weighted by Gasteiger charge is -2.19. The van der Waals surface area contributed by atoms with Crippen molar-refractivity contribution >= 4 is 11.9 Å². The zero-order valence-electron chi connectivity index (χ0n) is 16.4. The Balaban J connectivity index is 0.000000176. The summed E-state index contributed by atoms with van der Waals surface area (Å²) >= 11 is 0. The van der Waals surface area contributed by atoms with Gasteiger partial charge < -0.3 is 28.8 Å². The third kappa shape index (κ3) is 5.10. The van der Waals surface area contributed by atoms with Crippen molar-refractivity contribution in [2.75, 3.05) is 13.6 Å². The summed E-state index contributed by atoms with van der Waals surface area (Å²) in [5, 5.41) is 8.71. The molecule has 2 aromatic rings. The number of hydrogen-bond acceptors (Lipinski definition) is 7. The molecule has 8 heteroatoms. The minimum absolute atomic E-state index is 0.0969. The van der Waals surface area contributed by atoms with Crippen LogP contribution < -0.4 is 18.9 Å². The van der Waals surface area contributed by atoms with E-state index in [0.717, 1.165) is 5.56 Å². The molecule has 2 aliphatic heterocycles. The minimum atomic E-state index is -1.00. The molecule has 0 saturated heterocycles. The number of esters is 1. The number of ether oxygens (including phenoxy) is 5. The van der Waals surface area contributed by atoms with E-state index in [4.69, 9.17) is 28.8 Å². The van der Waals surface area contributed by atoms with Gasteiger partial charge in [0, 0.05) is 5.56 Å². The summed E-state index contributed by atoms with van der Waals surface area (Å²) in [6.07, 6.45) is 0.198. The molecule has 4 rings (SSSR count). The van der Waals surface area contributed by atoms with Crippen LogP contribution in [0.4, 0.5) is 0 Å². The minimum Gasteiger partial charge on any atom is -0.478 e. The molecular weight excluding hydrogens is 380 g/mol. The Labute approximate surface area is 167 Å². The van der Waals surface area contributed by atoms with Crippen LogP contribution >= 0.6 is 0 Å². The van der Waals surface area contributed by atoms with Crippen molar-refractivity contribution in [3.8, 4) is 23.0 Å². The zero-order valence-corrected chi connectivity index (χ0v) is 16.4. The molecule has 0 fully saturated rings. The van der Waals surface area contributed by atoms with Gasteiger partial charge in [-0.05, 0) is 39.0 Å². The predicted molar refractivity (Wildman–Crippen MR) is 102 cm³/mol. The fourth-order valence-corrected chi connectivity index (χ4v) is 2.76. The van der Waals surface area contributed by atoms with E-state index in [1.165, 1.54) is 6.07 Å². The molecule has 2 aromatic carbocycles. The second-order valence-electron chi connectivity index (χ2n) is 7.26. The molecule has 0 aliphatic carbocycles. The molecule has 0 radical (unpaired) electrons. The van der Waals surface area contributed by atoms with Crippen molar-refractivity contribution in [3.05, 3.63) is 47.5 Å². The highest BCUT2D eigenvalue weighted by molar-refractivity contribution is 5.92. The van der Waals surface area contributed by atoms with Gasteiger partial charge in [-0.2, -0.15) is 0 Å². The van der Waals surface area contributed by atoms with Crippen LogP contribution in [0.1, 0.15) is 36.7 Å². The Bertz CT molecular complexity index is 913. The summed E-state index contributed by atoms with van der Waals surface area (Å²) < 4.78 is 25.8. The third-order valence-corrected chi connectivity index (χ3v) is 3.86. The number of carboxylic acids is 1. The molecule has 29 heavy (non-hydrogen) atoms. The maximum Gasteiger partial charge on any atom is 0.339 e. The van der Waals surface area contributed by atoms with Crippen molar-refractivity contribution in [1.29, 1.82) is 0 Å². The molecule has 0 atom stereocenters. The molecule has 0 saturated carbocycles. The van der Waals surface area contributed by atoms with Gasteiger partial charge in [0.25, 0.3) is 0 Å². The standard InChI is InChI=1S/C13H16O4.C8H6O4/c1-13(2,3)17-11(14)7-9-5-4-6-10-12(9)16-8-15-10;9-8(10)5-2-1-3-6-7(5)12-4-11-6/h4-6H,7-8H2,1-3H3;1-3H,4H2,(H,9,10). The average molecular weight is 402 g/mol. The van der Waals surface area contributed by atoms with E-state index in [-0.39, 0.29) is 31.5 Å². The van der Waals surface area contributed by atoms with E-state index in [1.54, 1.807) is 12.1 Å². The number of fused-ring (bicyclic) bond motifs is 2. The molecule has 2 aliphatic rings. The number of hydrogen-bond donors (Lipinski definition) is 1. The number of benzene rings is 2. The van der Waals surface area contributed by atoms with E-state index in [9.17, 15) is 9.59 Å². The Morgan fingerprint density at radius 1 is 0.931 bits per heavy atom. The monoisotopic (exact) mass is 402 g/mol. The SMILES string of the molecule is CC(C)(C)OC(=O)Cc1cccc2c1OCO2.O=C(O)c1cccc2c1OCO2. The van der Waals surface area contributed by atoms with Crippen molar-refractivity contribution in [1.82, 2.24) is 0 Å². The maximum absolute atomic E-state index is 11.7. The van der Waals surface area contributed by atoms with Gasteiger partial charge in [-0.25, -0.2) is 4.79 Å². The summed E-state index contributed by atoms with van der Waals surface area (Å²) in [4.78, 5) is 22.3. The Morgan fingerprint density at radius 3 is 2.14 bits per heavy atom. The fraction of sp³-hybridized carbons (Fsp3) is 0.333. The first-order chi connectivity index (χ1) is 13.7. The molecule has 154 valence electrons. The fourth-order valence-electron chi connectivity index (χ4n) is 2.76. The summed E-state index contributed by atoms with van der Waals surface area (Å²) in [6.45, 7) is 5.85. The van der Waals surface area contributed by atoms with Crippen molar-refractivity contribution in [3.63, 3.8) is 0 Å². The molecular formula is C21H22O8. The van der Waals surface area contributed by atoms with E-state index in [1.807, 2.05) is 39.0 Å². The first kappa shape index (κ1) is 20.3. The normalized spacial score (nSPS) is 13.3. The van der Waals surface area contributed by atoms with E-state index in [2.05, 4.69) is 0 Å². The van der Waals surface area contributed by atoms with Gasteiger partial charge >= 0.3 is 11.9 Å². The molecule has 1 N–H and O–H groups in total. The van der Waals surface area contributed by atoms with Gasteiger partial charge in [0.1, 0.15) is 11.2 Å². The van der Waals surface area contributed by atoms with Crippen molar-refractivity contribution in [2.45, 2.75) is 32.8 Å². The number of para-hydroxylation sites is 2. The first-order valence-electron chi connectivity index (χ1n) is 8.96. The van der Waals surface area contributed by atoms with Gasteiger partial charge in [0.05, 0.1) is 6.42 Å². The molecule has 0 aromatic heterocycles. The van der Waals surface area contributed by atoms with Crippen LogP contribution in [-0.2, 0) is 16.0 Å². The molecule has 0 amide bonds. The number of carbonyl (C=O) groups excluding carboxylic acids is 1. The van der Waals surface area contributed by atoms with Gasteiger partial charge in [0.15, 0.2) is 23.0 Å². The molecule has 2 heterocycles. The lowest BCUT2D eigenvalue weighted by atomic mass is 10.1. The van der Waals surface area contributed by atoms with E-state index in [0.29, 0.717) is 23.0 Å². The number of rotatable bonds is 3. The predicted octanol–water partition coefficient (Wildman–Crippen LogP) is 3.41. The van der Waals surface area contributed by atoms with E-state index < -0.39 is 11.6 Å². The molecule has 0 bridgehead atoms. The second-order valence-corrected chi connectivity index (χ2v) is 7.26. The number of carboxylic acid groups (broad SMARTS) is 1. The lowest BCUT2D eigenvalue weighted by molar-refractivity contribution is -0.153. The highest BCUT2D eigenvalue weighted by atomic mass is 16.7. The largest absolute Gasteiger partial charge is 0.478 e. The zero-order chi connectivity index (χ0) is 21.0. The van der Waals surface area contributed by atoms with Gasteiger partial charge in [-0.3, -0.25) is 4.79 Å². The number of aromatic carboxylic acids is 1. The Hall–Kier alpha value is -3.42. The maximum atomic E-state index is 11.7. The van der Waals surface area contributed by atoms with Crippen LogP contribution in [0.5, 0.6) is 23.0 Å². The summed E-state index contributed by atoms with van der Waals surface area (Å²) in [6, 6.07) is 10.3. The smallest absolute Gasteiger partial charge is 0.339 e. The molecule has 8 nitrogen and oxygen atoms in total. The van der Waals surface area contributed by atoms with Crippen molar-refractivity contribution in [2.24, 2.45) is 0 Å². The second kappa shape index (κ2) is 8.30. The Morgan fingerprint density at radius 2 is 1.52 bits per heavy atom. The van der Waals surface area contributed by atoms with Gasteiger partial charge in [-0.15, -0.1) is 0 Å². The summed E-state index contributed by atoms with van der Waals surface area (Å²) in [5.41, 5.74) is 0.478. The first-order valence-corrected chi connectivity index (χ1v) is 8.96. The van der Waals surface area contributed by atoms with Crippen molar-refractivity contribution < 1.29 is 38.4 Å². The van der Waals surface area contributed by atoms with Gasteiger partial charge in [0.2, 0.25) is 13.6 Å². The van der Waals surface area contributed by atoms with Crippen LogP contribution in [0.2, 0.25) is 0 Å². The van der Waals surface area contributed by atoms with Crippen LogP contribution in [-0.4, -0.2) is 36.2 Å². The summed E-state index contributed by atoms with van der Waals surface area (Å²) in [7, 11) is 0. The highest BCUT2D eigenvalue weighted by Gasteiger charge is 2.22. The average Bonchev–Trinajstić information content (AvgIpc) is 3.29. The van der Waals surface area contributed by atoms with E-state index >= 15 is 0 Å². The molecule has 0 unspecified atom stereocenters.